The van der Waals surface area contributed by atoms with Crippen molar-refractivity contribution in [3.63, 3.8) is 0 Å². The number of ether oxygens (including phenoxy) is 1. The second-order valence-corrected chi connectivity index (χ2v) is 6.63. The minimum absolute atomic E-state index is 0.00118. The topological polar surface area (TPSA) is 99.6 Å². The standard InChI is InChI=1S/C18H12N4O4S/c1-26-14-8-4-12(5-9-14)16-19-18-21(20-16)17(23)15(27-18)10-11-2-6-13(7-3-11)22(24)25/h2-10H,1H3. The molecule has 27 heavy (non-hydrogen) atoms. The fourth-order valence-corrected chi connectivity index (χ4v) is 3.45. The van der Waals surface area contributed by atoms with Crippen molar-refractivity contribution in [3.8, 4) is 17.1 Å². The molecule has 0 aliphatic heterocycles. The fourth-order valence-electron chi connectivity index (χ4n) is 2.54. The zero-order valence-corrected chi connectivity index (χ0v) is 14.8. The maximum absolute atomic E-state index is 12.6. The Kier molecular flexibility index (Phi) is 4.13. The highest BCUT2D eigenvalue weighted by atomic mass is 32.1. The SMILES string of the molecule is COc1ccc(-c2nc3sc(=Cc4ccc([N+](=O)[O-])cc4)c(=O)n3n2)cc1. The van der Waals surface area contributed by atoms with E-state index in [1.807, 2.05) is 12.1 Å². The van der Waals surface area contributed by atoms with E-state index in [2.05, 4.69) is 10.1 Å². The van der Waals surface area contributed by atoms with Gasteiger partial charge in [-0.25, -0.2) is 0 Å². The lowest BCUT2D eigenvalue weighted by atomic mass is 10.2. The zero-order valence-electron chi connectivity index (χ0n) is 14.0. The van der Waals surface area contributed by atoms with Gasteiger partial charge in [0.15, 0.2) is 5.82 Å². The number of nitro benzene ring substituents is 1. The molecule has 4 rings (SSSR count). The Bertz CT molecular complexity index is 1240. The van der Waals surface area contributed by atoms with Crippen molar-refractivity contribution >= 4 is 28.1 Å². The van der Waals surface area contributed by atoms with Crippen LogP contribution in [-0.2, 0) is 0 Å². The lowest BCUT2D eigenvalue weighted by molar-refractivity contribution is -0.384. The molecule has 0 saturated heterocycles. The summed E-state index contributed by atoms with van der Waals surface area (Å²) in [4.78, 5) is 27.7. The monoisotopic (exact) mass is 380 g/mol. The van der Waals surface area contributed by atoms with Crippen LogP contribution in [0.25, 0.3) is 22.4 Å². The molecule has 0 fully saturated rings. The number of methoxy groups -OCH3 is 1. The Labute approximate surface area is 156 Å². The first-order valence-corrected chi connectivity index (χ1v) is 8.67. The van der Waals surface area contributed by atoms with Gasteiger partial charge in [-0.2, -0.15) is 9.50 Å². The van der Waals surface area contributed by atoms with E-state index < -0.39 is 4.92 Å². The lowest BCUT2D eigenvalue weighted by Gasteiger charge is -1.99. The third kappa shape index (κ3) is 3.15. The number of rotatable bonds is 4. The van der Waals surface area contributed by atoms with Crippen molar-refractivity contribution in [1.29, 1.82) is 0 Å². The van der Waals surface area contributed by atoms with Crippen LogP contribution in [0.4, 0.5) is 5.69 Å². The summed E-state index contributed by atoms with van der Waals surface area (Å²) in [7, 11) is 1.59. The highest BCUT2D eigenvalue weighted by Gasteiger charge is 2.12. The highest BCUT2D eigenvalue weighted by Crippen LogP contribution is 2.20. The molecule has 0 bridgehead atoms. The Morgan fingerprint density at radius 3 is 2.44 bits per heavy atom. The maximum atomic E-state index is 12.6. The first-order chi connectivity index (χ1) is 13.0. The van der Waals surface area contributed by atoms with Crippen LogP contribution in [0, 0.1) is 10.1 Å². The maximum Gasteiger partial charge on any atom is 0.291 e. The van der Waals surface area contributed by atoms with Crippen molar-refractivity contribution in [1.82, 2.24) is 14.6 Å². The van der Waals surface area contributed by atoms with Gasteiger partial charge in [-0.3, -0.25) is 14.9 Å². The summed E-state index contributed by atoms with van der Waals surface area (Å²) >= 11 is 1.22. The molecule has 0 spiro atoms. The van der Waals surface area contributed by atoms with E-state index in [0.717, 1.165) is 11.3 Å². The second kappa shape index (κ2) is 6.61. The molecule has 2 heterocycles. The Morgan fingerprint density at radius 2 is 1.85 bits per heavy atom. The molecule has 0 atom stereocenters. The van der Waals surface area contributed by atoms with Gasteiger partial charge in [-0.1, -0.05) is 11.3 Å². The van der Waals surface area contributed by atoms with E-state index >= 15 is 0 Å². The lowest BCUT2D eigenvalue weighted by Crippen LogP contribution is -2.23. The van der Waals surface area contributed by atoms with E-state index in [9.17, 15) is 14.9 Å². The van der Waals surface area contributed by atoms with Gasteiger partial charge in [-0.05, 0) is 48.0 Å². The van der Waals surface area contributed by atoms with Gasteiger partial charge in [0.1, 0.15) is 5.75 Å². The van der Waals surface area contributed by atoms with Crippen molar-refractivity contribution in [2.24, 2.45) is 0 Å². The molecule has 0 N–H and O–H groups in total. The van der Waals surface area contributed by atoms with Gasteiger partial charge in [0.25, 0.3) is 11.2 Å². The third-order valence-electron chi connectivity index (χ3n) is 3.93. The number of non-ortho nitro benzene ring substituents is 1. The van der Waals surface area contributed by atoms with E-state index in [0.29, 0.717) is 20.9 Å². The van der Waals surface area contributed by atoms with Crippen LogP contribution in [0.3, 0.4) is 0 Å². The minimum atomic E-state index is -0.466. The van der Waals surface area contributed by atoms with Gasteiger partial charge in [-0.15, -0.1) is 5.10 Å². The largest absolute Gasteiger partial charge is 0.497 e. The number of hydrogen-bond acceptors (Lipinski definition) is 7. The van der Waals surface area contributed by atoms with E-state index in [-0.39, 0.29) is 11.2 Å². The molecule has 2 aromatic carbocycles. The van der Waals surface area contributed by atoms with Gasteiger partial charge < -0.3 is 4.74 Å². The van der Waals surface area contributed by atoms with Crippen molar-refractivity contribution in [3.05, 3.63) is 79.1 Å². The Balaban J connectivity index is 1.71. The average Bonchev–Trinajstić information content (AvgIpc) is 3.22. The summed E-state index contributed by atoms with van der Waals surface area (Å²) in [5.41, 5.74) is 1.20. The smallest absolute Gasteiger partial charge is 0.291 e. The van der Waals surface area contributed by atoms with Crippen LogP contribution >= 0.6 is 11.3 Å². The van der Waals surface area contributed by atoms with Crippen LogP contribution < -0.4 is 14.8 Å². The molecule has 0 saturated carbocycles. The first-order valence-electron chi connectivity index (χ1n) is 7.85. The Morgan fingerprint density at radius 1 is 1.15 bits per heavy atom. The molecule has 4 aromatic rings. The van der Waals surface area contributed by atoms with Crippen LogP contribution in [0.1, 0.15) is 5.56 Å². The number of thiazole rings is 1. The van der Waals surface area contributed by atoms with Crippen LogP contribution in [0.15, 0.2) is 53.3 Å². The summed E-state index contributed by atoms with van der Waals surface area (Å²) in [6.07, 6.45) is 1.67. The molecule has 9 heteroatoms. The van der Waals surface area contributed by atoms with E-state index in [1.165, 1.54) is 28.0 Å². The Hall–Kier alpha value is -3.59. The van der Waals surface area contributed by atoms with Crippen molar-refractivity contribution in [2.75, 3.05) is 7.11 Å². The number of aromatic nitrogens is 3. The van der Waals surface area contributed by atoms with Crippen LogP contribution in [0.2, 0.25) is 0 Å². The fraction of sp³-hybridized carbons (Fsp3) is 0.0556. The minimum Gasteiger partial charge on any atom is -0.497 e. The second-order valence-electron chi connectivity index (χ2n) is 5.62. The number of nitrogens with zero attached hydrogens (tertiary/aromatic N) is 4. The summed E-state index contributed by atoms with van der Waals surface area (Å²) in [5, 5.41) is 15.0. The number of fused-ring (bicyclic) bond motifs is 1. The predicted octanol–water partition coefficient (Wildman–Crippen LogP) is 2.28. The predicted molar refractivity (Wildman–Crippen MR) is 101 cm³/mol. The third-order valence-corrected chi connectivity index (χ3v) is 4.89. The summed E-state index contributed by atoms with van der Waals surface area (Å²) in [6.45, 7) is 0. The molecule has 0 aliphatic rings. The molecule has 2 aromatic heterocycles. The van der Waals surface area contributed by atoms with Gasteiger partial charge >= 0.3 is 0 Å². The van der Waals surface area contributed by atoms with E-state index in [4.69, 9.17) is 4.74 Å². The normalized spacial score (nSPS) is 11.8. The van der Waals surface area contributed by atoms with Crippen LogP contribution in [0.5, 0.6) is 5.75 Å². The molecule has 8 nitrogen and oxygen atoms in total. The van der Waals surface area contributed by atoms with Crippen molar-refractivity contribution in [2.45, 2.75) is 0 Å². The van der Waals surface area contributed by atoms with Crippen LogP contribution in [-0.4, -0.2) is 26.6 Å². The number of nitro groups is 1. The summed E-state index contributed by atoms with van der Waals surface area (Å²) < 4.78 is 6.85. The zero-order chi connectivity index (χ0) is 19.0. The van der Waals surface area contributed by atoms with Gasteiger partial charge in [0, 0.05) is 17.7 Å². The van der Waals surface area contributed by atoms with E-state index in [1.54, 1.807) is 37.5 Å². The van der Waals surface area contributed by atoms with Crippen molar-refractivity contribution < 1.29 is 9.66 Å². The molecular formula is C18H12N4O4S. The molecule has 0 unspecified atom stereocenters. The average molecular weight is 380 g/mol. The summed E-state index contributed by atoms with van der Waals surface area (Å²) in [5.74, 6) is 1.19. The molecule has 134 valence electrons. The van der Waals surface area contributed by atoms with Gasteiger partial charge in [0.2, 0.25) is 4.96 Å². The quantitative estimate of drug-likeness (QED) is 0.398. The number of hydrogen-bond donors (Lipinski definition) is 0. The molecule has 0 aliphatic carbocycles. The van der Waals surface area contributed by atoms with Gasteiger partial charge in [0.05, 0.1) is 16.6 Å². The highest BCUT2D eigenvalue weighted by molar-refractivity contribution is 7.15. The summed E-state index contributed by atoms with van der Waals surface area (Å²) in [6, 6.07) is 13.2. The first kappa shape index (κ1) is 16.9. The molecular weight excluding hydrogens is 368 g/mol. The molecule has 0 radical (unpaired) electrons. The number of benzene rings is 2. The molecule has 0 amide bonds.